The van der Waals surface area contributed by atoms with Gasteiger partial charge in [0.1, 0.15) is 23.9 Å². The molecule has 0 saturated heterocycles. The molecule has 182 valence electrons. The number of nitrogens with two attached hydrogens (primary N) is 2. The first-order chi connectivity index (χ1) is 15.3. The van der Waals surface area contributed by atoms with Crippen molar-refractivity contribution in [2.24, 2.45) is 17.4 Å². The number of carboxylic acids is 1. The van der Waals surface area contributed by atoms with E-state index in [0.717, 1.165) is 0 Å². The van der Waals surface area contributed by atoms with E-state index in [-0.39, 0.29) is 12.2 Å². The standard InChI is InChI=1S/C21H31N5O7/c1-10(2)17(21(32)33)26-20(31)15(8-12-4-6-13(27)7-5-12)25-18(29)11(3)24-19(30)14(22)9-16(23)28/h4-7,10-11,14-15,17,27H,8-9,22H2,1-3H3,(H2,23,28)(H,24,30)(H,25,29)(H,26,31)(H,32,33). The number of carbonyl (C=O) groups is 5. The van der Waals surface area contributed by atoms with Crippen LogP contribution in [-0.4, -0.2) is 64.0 Å². The zero-order valence-corrected chi connectivity index (χ0v) is 18.7. The van der Waals surface area contributed by atoms with Crippen molar-refractivity contribution < 1.29 is 34.2 Å². The Bertz CT molecular complexity index is 872. The summed E-state index contributed by atoms with van der Waals surface area (Å²) in [6.07, 6.45) is -0.415. The molecule has 0 radical (unpaired) electrons. The van der Waals surface area contributed by atoms with Gasteiger partial charge < -0.3 is 37.6 Å². The van der Waals surface area contributed by atoms with E-state index in [4.69, 9.17) is 11.5 Å². The molecule has 4 unspecified atom stereocenters. The van der Waals surface area contributed by atoms with E-state index in [9.17, 15) is 34.2 Å². The fraction of sp³-hybridized carbons (Fsp3) is 0.476. The first kappa shape index (κ1) is 27.4. The molecule has 12 heteroatoms. The molecule has 1 aromatic rings. The largest absolute Gasteiger partial charge is 0.508 e. The van der Waals surface area contributed by atoms with E-state index in [1.165, 1.54) is 19.1 Å². The van der Waals surface area contributed by atoms with Crippen LogP contribution in [0.25, 0.3) is 0 Å². The Hall–Kier alpha value is -3.67. The van der Waals surface area contributed by atoms with E-state index < -0.39 is 66.1 Å². The number of rotatable bonds is 12. The number of phenols is 1. The Morgan fingerprint density at radius 2 is 1.48 bits per heavy atom. The summed E-state index contributed by atoms with van der Waals surface area (Å²) in [5.41, 5.74) is 11.2. The summed E-state index contributed by atoms with van der Waals surface area (Å²) in [6.45, 7) is 4.60. The molecular formula is C21H31N5O7. The van der Waals surface area contributed by atoms with Crippen LogP contribution in [0.5, 0.6) is 5.75 Å². The SMILES string of the molecule is CC(NC(=O)C(N)CC(N)=O)C(=O)NC(Cc1ccc(O)cc1)C(=O)NC(C(=O)O)C(C)C. The summed E-state index contributed by atoms with van der Waals surface area (Å²) >= 11 is 0. The third kappa shape index (κ3) is 9.15. The van der Waals surface area contributed by atoms with Crippen LogP contribution >= 0.6 is 0 Å². The van der Waals surface area contributed by atoms with Gasteiger partial charge in [0, 0.05) is 6.42 Å². The van der Waals surface area contributed by atoms with E-state index in [0.29, 0.717) is 5.56 Å². The normalized spacial score (nSPS) is 14.5. The van der Waals surface area contributed by atoms with Gasteiger partial charge in [-0.3, -0.25) is 19.2 Å². The molecule has 0 aliphatic carbocycles. The van der Waals surface area contributed by atoms with Crippen molar-refractivity contribution in [3.05, 3.63) is 29.8 Å². The lowest BCUT2D eigenvalue weighted by molar-refractivity contribution is -0.143. The van der Waals surface area contributed by atoms with Gasteiger partial charge in [-0.15, -0.1) is 0 Å². The molecule has 0 fully saturated rings. The molecule has 0 aliphatic rings. The predicted molar refractivity (Wildman–Crippen MR) is 118 cm³/mol. The minimum atomic E-state index is -1.24. The van der Waals surface area contributed by atoms with Crippen LogP contribution in [0, 0.1) is 5.92 Å². The third-order valence-electron chi connectivity index (χ3n) is 4.75. The van der Waals surface area contributed by atoms with Crippen LogP contribution in [0.2, 0.25) is 0 Å². The summed E-state index contributed by atoms with van der Waals surface area (Å²) in [7, 11) is 0. The third-order valence-corrected chi connectivity index (χ3v) is 4.75. The van der Waals surface area contributed by atoms with Crippen molar-refractivity contribution in [3.8, 4) is 5.75 Å². The lowest BCUT2D eigenvalue weighted by Gasteiger charge is -2.25. The van der Waals surface area contributed by atoms with E-state index in [1.54, 1.807) is 26.0 Å². The number of carboxylic acid groups (broad SMARTS) is 1. The van der Waals surface area contributed by atoms with E-state index >= 15 is 0 Å². The summed E-state index contributed by atoms with van der Waals surface area (Å²) in [5.74, 6) is -4.65. The summed E-state index contributed by atoms with van der Waals surface area (Å²) in [4.78, 5) is 59.9. The summed E-state index contributed by atoms with van der Waals surface area (Å²) < 4.78 is 0. The first-order valence-corrected chi connectivity index (χ1v) is 10.3. The average molecular weight is 466 g/mol. The van der Waals surface area contributed by atoms with Crippen LogP contribution in [0.1, 0.15) is 32.8 Å². The van der Waals surface area contributed by atoms with Crippen LogP contribution in [0.15, 0.2) is 24.3 Å². The van der Waals surface area contributed by atoms with Gasteiger partial charge in [-0.05, 0) is 30.5 Å². The maximum absolute atomic E-state index is 12.8. The Balaban J connectivity index is 2.97. The second-order valence-electron chi connectivity index (χ2n) is 8.01. The number of aromatic hydroxyl groups is 1. The number of hydrogen-bond acceptors (Lipinski definition) is 7. The van der Waals surface area contributed by atoms with Gasteiger partial charge in [0.05, 0.1) is 12.5 Å². The van der Waals surface area contributed by atoms with Crippen LogP contribution in [-0.2, 0) is 30.4 Å². The highest BCUT2D eigenvalue weighted by Crippen LogP contribution is 2.12. The van der Waals surface area contributed by atoms with Gasteiger partial charge in [0.25, 0.3) is 0 Å². The maximum Gasteiger partial charge on any atom is 0.326 e. The molecule has 12 nitrogen and oxygen atoms in total. The molecule has 1 rings (SSSR count). The van der Waals surface area contributed by atoms with Crippen molar-refractivity contribution in [3.63, 3.8) is 0 Å². The summed E-state index contributed by atoms with van der Waals surface area (Å²) in [5, 5.41) is 26.0. The fourth-order valence-electron chi connectivity index (χ4n) is 2.84. The Labute approximate surface area is 191 Å². The van der Waals surface area contributed by atoms with Gasteiger partial charge in [0.2, 0.25) is 23.6 Å². The minimum absolute atomic E-state index is 0.00978. The number of aliphatic carboxylic acids is 1. The highest BCUT2D eigenvalue weighted by Gasteiger charge is 2.30. The number of amides is 4. The van der Waals surface area contributed by atoms with E-state index in [1.807, 2.05) is 0 Å². The predicted octanol–water partition coefficient (Wildman–Crippen LogP) is -1.65. The molecule has 0 saturated carbocycles. The molecule has 1 aromatic carbocycles. The molecule has 0 bridgehead atoms. The fourth-order valence-corrected chi connectivity index (χ4v) is 2.84. The van der Waals surface area contributed by atoms with Gasteiger partial charge >= 0.3 is 5.97 Å². The number of hydrogen-bond donors (Lipinski definition) is 7. The second-order valence-corrected chi connectivity index (χ2v) is 8.01. The monoisotopic (exact) mass is 465 g/mol. The van der Waals surface area contributed by atoms with Crippen molar-refractivity contribution in [1.82, 2.24) is 16.0 Å². The van der Waals surface area contributed by atoms with Crippen LogP contribution in [0.4, 0.5) is 0 Å². The highest BCUT2D eigenvalue weighted by molar-refractivity contribution is 5.94. The van der Waals surface area contributed by atoms with Crippen molar-refractivity contribution in [2.75, 3.05) is 0 Å². The molecule has 4 amide bonds. The van der Waals surface area contributed by atoms with Crippen LogP contribution in [0.3, 0.4) is 0 Å². The molecule has 33 heavy (non-hydrogen) atoms. The molecular weight excluding hydrogens is 434 g/mol. The summed E-state index contributed by atoms with van der Waals surface area (Å²) in [6, 6.07) is 1.19. The van der Waals surface area contributed by atoms with Crippen molar-refractivity contribution in [1.29, 1.82) is 0 Å². The number of primary amides is 1. The van der Waals surface area contributed by atoms with Gasteiger partial charge in [0.15, 0.2) is 0 Å². The molecule has 0 spiro atoms. The second kappa shape index (κ2) is 12.4. The lowest BCUT2D eigenvalue weighted by Crippen LogP contribution is -2.57. The maximum atomic E-state index is 12.8. The Kier molecular flexibility index (Phi) is 10.3. The minimum Gasteiger partial charge on any atom is -0.508 e. The Morgan fingerprint density at radius 1 is 0.909 bits per heavy atom. The number of carbonyl (C=O) groups excluding carboxylic acids is 4. The quantitative estimate of drug-likeness (QED) is 0.189. The van der Waals surface area contributed by atoms with Gasteiger partial charge in [-0.1, -0.05) is 26.0 Å². The van der Waals surface area contributed by atoms with E-state index in [2.05, 4.69) is 16.0 Å². The number of nitrogens with one attached hydrogen (secondary N) is 3. The lowest BCUT2D eigenvalue weighted by atomic mass is 10.0. The van der Waals surface area contributed by atoms with Crippen molar-refractivity contribution >= 4 is 29.6 Å². The Morgan fingerprint density at radius 3 is 1.97 bits per heavy atom. The molecule has 0 aromatic heterocycles. The first-order valence-electron chi connectivity index (χ1n) is 10.3. The number of benzene rings is 1. The topological polar surface area (TPSA) is 214 Å². The van der Waals surface area contributed by atoms with Gasteiger partial charge in [-0.25, -0.2) is 4.79 Å². The molecule has 4 atom stereocenters. The van der Waals surface area contributed by atoms with Crippen LogP contribution < -0.4 is 27.4 Å². The molecule has 0 aliphatic heterocycles. The molecule has 9 N–H and O–H groups in total. The van der Waals surface area contributed by atoms with Gasteiger partial charge in [-0.2, -0.15) is 0 Å². The zero-order valence-electron chi connectivity index (χ0n) is 18.7. The zero-order chi connectivity index (χ0) is 25.3. The van der Waals surface area contributed by atoms with Crippen molar-refractivity contribution in [2.45, 2.75) is 57.8 Å². The smallest absolute Gasteiger partial charge is 0.326 e. The highest BCUT2D eigenvalue weighted by atomic mass is 16.4. The molecule has 0 heterocycles. The number of phenolic OH excluding ortho intramolecular Hbond substituents is 1. The average Bonchev–Trinajstić information content (AvgIpc) is 2.71.